The third-order valence-corrected chi connectivity index (χ3v) is 4.45. The van der Waals surface area contributed by atoms with Gasteiger partial charge >= 0.3 is 5.97 Å². The van der Waals surface area contributed by atoms with Crippen molar-refractivity contribution in [2.45, 2.75) is 40.0 Å². The molecule has 0 radical (unpaired) electrons. The first-order valence-electron chi connectivity index (χ1n) is 8.79. The van der Waals surface area contributed by atoms with Crippen molar-refractivity contribution >= 4 is 17.8 Å². The van der Waals surface area contributed by atoms with E-state index in [4.69, 9.17) is 9.47 Å². The number of ketones is 1. The van der Waals surface area contributed by atoms with Crippen LogP contribution in [0.1, 0.15) is 60.2 Å². The highest BCUT2D eigenvalue weighted by atomic mass is 16.5. The molecule has 0 fully saturated rings. The summed E-state index contributed by atoms with van der Waals surface area (Å²) in [5.41, 5.74) is 3.29. The van der Waals surface area contributed by atoms with Gasteiger partial charge in [-0.15, -0.1) is 0 Å². The second kappa shape index (κ2) is 7.16. The van der Waals surface area contributed by atoms with E-state index in [9.17, 15) is 9.59 Å². The normalized spacial score (nSPS) is 14.5. The number of hydrogen-bond donors (Lipinski definition) is 0. The van der Waals surface area contributed by atoms with E-state index in [0.29, 0.717) is 28.5 Å². The van der Waals surface area contributed by atoms with Crippen molar-refractivity contribution in [1.29, 1.82) is 0 Å². The molecule has 26 heavy (non-hydrogen) atoms. The summed E-state index contributed by atoms with van der Waals surface area (Å²) >= 11 is 0. The smallest absolute Gasteiger partial charge is 0.310 e. The number of allylic oxidation sites excluding steroid dienone is 1. The molecule has 0 unspecified atom stereocenters. The van der Waals surface area contributed by atoms with E-state index in [1.807, 2.05) is 12.1 Å². The zero-order chi connectivity index (χ0) is 18.8. The second-order valence-electron chi connectivity index (χ2n) is 6.65. The van der Waals surface area contributed by atoms with Gasteiger partial charge in [-0.25, -0.2) is 0 Å². The second-order valence-corrected chi connectivity index (χ2v) is 6.65. The van der Waals surface area contributed by atoms with Crippen molar-refractivity contribution in [3.05, 3.63) is 64.4 Å². The largest absolute Gasteiger partial charge is 0.452 e. The molecular weight excluding hydrogens is 328 g/mol. The number of benzene rings is 2. The lowest BCUT2D eigenvalue weighted by Gasteiger charge is -2.09. The van der Waals surface area contributed by atoms with E-state index in [1.54, 1.807) is 32.1 Å². The number of esters is 1. The monoisotopic (exact) mass is 350 g/mol. The zero-order valence-electron chi connectivity index (χ0n) is 15.5. The van der Waals surface area contributed by atoms with Crippen LogP contribution in [0.5, 0.6) is 11.5 Å². The molecule has 0 saturated carbocycles. The summed E-state index contributed by atoms with van der Waals surface area (Å²) in [4.78, 5) is 24.2. The van der Waals surface area contributed by atoms with Gasteiger partial charge < -0.3 is 9.47 Å². The fourth-order valence-corrected chi connectivity index (χ4v) is 2.80. The Morgan fingerprint density at radius 1 is 1.15 bits per heavy atom. The molecule has 4 nitrogen and oxygen atoms in total. The van der Waals surface area contributed by atoms with Gasteiger partial charge in [0, 0.05) is 12.0 Å². The Hall–Kier alpha value is -2.88. The quantitative estimate of drug-likeness (QED) is 0.440. The molecule has 2 aromatic carbocycles. The minimum absolute atomic E-state index is 0.163. The van der Waals surface area contributed by atoms with Gasteiger partial charge in [0.1, 0.15) is 11.5 Å². The average molecular weight is 350 g/mol. The molecule has 1 aliphatic heterocycles. The molecule has 0 aliphatic carbocycles. The average Bonchev–Trinajstić information content (AvgIpc) is 2.94. The summed E-state index contributed by atoms with van der Waals surface area (Å²) in [5, 5.41) is 0. The third-order valence-electron chi connectivity index (χ3n) is 4.45. The SMILES string of the molecule is CCC(=O)Oc1ccc2c(c1C)O/C(=C\c1ccc(C(C)C)cc1)C2=O. The number of rotatable bonds is 4. The van der Waals surface area contributed by atoms with Gasteiger partial charge in [0.25, 0.3) is 0 Å². The molecule has 0 amide bonds. The van der Waals surface area contributed by atoms with Crippen molar-refractivity contribution in [2.24, 2.45) is 0 Å². The van der Waals surface area contributed by atoms with Gasteiger partial charge in [-0.3, -0.25) is 9.59 Å². The van der Waals surface area contributed by atoms with Crippen LogP contribution < -0.4 is 9.47 Å². The van der Waals surface area contributed by atoms with Crippen LogP contribution in [-0.2, 0) is 4.79 Å². The number of carbonyl (C=O) groups is 2. The highest BCUT2D eigenvalue weighted by Gasteiger charge is 2.30. The first-order chi connectivity index (χ1) is 12.4. The van der Waals surface area contributed by atoms with Crippen LogP contribution in [0, 0.1) is 6.92 Å². The molecule has 0 N–H and O–H groups in total. The highest BCUT2D eigenvalue weighted by molar-refractivity contribution is 6.15. The van der Waals surface area contributed by atoms with E-state index in [2.05, 4.69) is 26.0 Å². The van der Waals surface area contributed by atoms with Crippen LogP contribution in [0.4, 0.5) is 0 Å². The van der Waals surface area contributed by atoms with Crippen LogP contribution in [0.3, 0.4) is 0 Å². The summed E-state index contributed by atoms with van der Waals surface area (Å²) in [5.74, 6) is 1.13. The minimum Gasteiger partial charge on any atom is -0.452 e. The van der Waals surface area contributed by atoms with E-state index >= 15 is 0 Å². The Kier molecular flexibility index (Phi) is 4.94. The van der Waals surface area contributed by atoms with Gasteiger partial charge in [0.2, 0.25) is 5.78 Å². The number of fused-ring (bicyclic) bond motifs is 1. The molecule has 0 bridgehead atoms. The lowest BCUT2D eigenvalue weighted by Crippen LogP contribution is -2.06. The maximum atomic E-state index is 12.6. The topological polar surface area (TPSA) is 52.6 Å². The molecule has 1 heterocycles. The summed E-state index contributed by atoms with van der Waals surface area (Å²) in [6.07, 6.45) is 2.03. The lowest BCUT2D eigenvalue weighted by atomic mass is 10.0. The molecule has 2 aromatic rings. The molecule has 3 rings (SSSR count). The Labute approximate surface area is 153 Å². The maximum Gasteiger partial charge on any atom is 0.310 e. The van der Waals surface area contributed by atoms with Crippen LogP contribution in [0.2, 0.25) is 0 Å². The van der Waals surface area contributed by atoms with Crippen LogP contribution >= 0.6 is 0 Å². The van der Waals surface area contributed by atoms with Crippen molar-refractivity contribution in [1.82, 2.24) is 0 Å². The minimum atomic E-state index is -0.321. The molecule has 1 aliphatic rings. The lowest BCUT2D eigenvalue weighted by molar-refractivity contribution is -0.134. The van der Waals surface area contributed by atoms with Crippen molar-refractivity contribution in [3.63, 3.8) is 0 Å². The fourth-order valence-electron chi connectivity index (χ4n) is 2.80. The first kappa shape index (κ1) is 17.9. The van der Waals surface area contributed by atoms with Crippen molar-refractivity contribution in [2.75, 3.05) is 0 Å². The maximum absolute atomic E-state index is 12.6. The number of ether oxygens (including phenoxy) is 2. The molecule has 0 aromatic heterocycles. The Bertz CT molecular complexity index is 889. The summed E-state index contributed by atoms with van der Waals surface area (Å²) in [6, 6.07) is 11.3. The van der Waals surface area contributed by atoms with E-state index < -0.39 is 0 Å². The van der Waals surface area contributed by atoms with Gasteiger partial charge in [-0.05, 0) is 42.2 Å². The van der Waals surface area contributed by atoms with Gasteiger partial charge in [-0.1, -0.05) is 45.0 Å². The Balaban J connectivity index is 1.89. The predicted octanol–water partition coefficient (Wildman–Crippen LogP) is 5.05. The highest BCUT2D eigenvalue weighted by Crippen LogP contribution is 2.39. The molecule has 0 saturated heterocycles. The number of carbonyl (C=O) groups excluding carboxylic acids is 2. The molecule has 0 spiro atoms. The number of Topliss-reactive ketones (excluding diaryl/α,β-unsaturated/α-hetero) is 1. The third kappa shape index (κ3) is 3.40. The van der Waals surface area contributed by atoms with Crippen LogP contribution in [-0.4, -0.2) is 11.8 Å². The van der Waals surface area contributed by atoms with Crippen molar-refractivity contribution in [3.8, 4) is 11.5 Å². The Morgan fingerprint density at radius 2 is 1.85 bits per heavy atom. The number of hydrogen-bond acceptors (Lipinski definition) is 4. The summed E-state index contributed by atoms with van der Waals surface area (Å²) < 4.78 is 11.1. The van der Waals surface area contributed by atoms with E-state index in [-0.39, 0.29) is 23.9 Å². The van der Waals surface area contributed by atoms with Gasteiger partial charge in [0.15, 0.2) is 5.76 Å². The van der Waals surface area contributed by atoms with Crippen LogP contribution in [0.25, 0.3) is 6.08 Å². The Morgan fingerprint density at radius 3 is 2.46 bits per heavy atom. The summed E-state index contributed by atoms with van der Waals surface area (Å²) in [6.45, 7) is 7.79. The molecule has 4 heteroatoms. The predicted molar refractivity (Wildman–Crippen MR) is 101 cm³/mol. The summed E-state index contributed by atoms with van der Waals surface area (Å²) in [7, 11) is 0. The van der Waals surface area contributed by atoms with Crippen molar-refractivity contribution < 1.29 is 19.1 Å². The van der Waals surface area contributed by atoms with E-state index in [0.717, 1.165) is 5.56 Å². The van der Waals surface area contributed by atoms with E-state index in [1.165, 1.54) is 5.56 Å². The fraction of sp³-hybridized carbons (Fsp3) is 0.273. The molecule has 134 valence electrons. The zero-order valence-corrected chi connectivity index (χ0v) is 15.5. The van der Waals surface area contributed by atoms with Crippen LogP contribution in [0.15, 0.2) is 42.2 Å². The van der Waals surface area contributed by atoms with Gasteiger partial charge in [-0.2, -0.15) is 0 Å². The first-order valence-corrected chi connectivity index (χ1v) is 8.79. The molecular formula is C22H22O4. The van der Waals surface area contributed by atoms with Gasteiger partial charge in [0.05, 0.1) is 5.56 Å². The standard InChI is InChI=1S/C22H22O4/c1-5-20(23)25-18-11-10-17-21(24)19(26-22(17)14(18)4)12-15-6-8-16(9-7-15)13(2)3/h6-13H,5H2,1-4H3/b19-12-. The molecule has 0 atom stereocenters.